The summed E-state index contributed by atoms with van der Waals surface area (Å²) in [6.07, 6.45) is 11.9. The molecule has 1 saturated heterocycles. The number of nitrogens with zero attached hydrogens (tertiary/aromatic N) is 1. The van der Waals surface area contributed by atoms with E-state index in [1.54, 1.807) is 6.07 Å². The van der Waals surface area contributed by atoms with E-state index < -0.39 is 0 Å². The summed E-state index contributed by atoms with van der Waals surface area (Å²) in [5.41, 5.74) is 0. The van der Waals surface area contributed by atoms with E-state index in [0.717, 1.165) is 6.42 Å². The first-order valence-corrected chi connectivity index (χ1v) is 8.99. The molecule has 0 aromatic heterocycles. The molecule has 0 aliphatic carbocycles. The number of para-hydroxylation sites is 2. The van der Waals surface area contributed by atoms with Crippen LogP contribution in [0.1, 0.15) is 57.8 Å². The minimum Gasteiger partial charge on any atom is -0.504 e. The SMILES string of the molecule is Oc1ccccc1OCCCCCCCCN1CCCCC1. The Balaban J connectivity index is 1.39. The Morgan fingerprint density at radius 2 is 1.55 bits per heavy atom. The van der Waals surface area contributed by atoms with Crippen LogP contribution in [0, 0.1) is 0 Å². The highest BCUT2D eigenvalue weighted by Crippen LogP contribution is 2.24. The highest BCUT2D eigenvalue weighted by atomic mass is 16.5. The van der Waals surface area contributed by atoms with Gasteiger partial charge in [-0.3, -0.25) is 0 Å². The van der Waals surface area contributed by atoms with Crippen molar-refractivity contribution in [2.75, 3.05) is 26.2 Å². The third-order valence-electron chi connectivity index (χ3n) is 4.44. The first kappa shape index (κ1) is 17.1. The smallest absolute Gasteiger partial charge is 0.160 e. The largest absolute Gasteiger partial charge is 0.504 e. The molecule has 3 nitrogen and oxygen atoms in total. The third-order valence-corrected chi connectivity index (χ3v) is 4.44. The van der Waals surface area contributed by atoms with Crippen molar-refractivity contribution in [2.45, 2.75) is 57.8 Å². The van der Waals surface area contributed by atoms with Crippen LogP contribution in [0.5, 0.6) is 11.5 Å². The Kier molecular flexibility index (Phi) is 8.18. The summed E-state index contributed by atoms with van der Waals surface area (Å²) >= 11 is 0. The number of ether oxygens (including phenoxy) is 1. The summed E-state index contributed by atoms with van der Waals surface area (Å²) in [4.78, 5) is 2.63. The average Bonchev–Trinajstić information content (AvgIpc) is 2.56. The van der Waals surface area contributed by atoms with Crippen LogP contribution in [0.3, 0.4) is 0 Å². The first-order valence-electron chi connectivity index (χ1n) is 8.99. The van der Waals surface area contributed by atoms with Gasteiger partial charge in [-0.2, -0.15) is 0 Å². The van der Waals surface area contributed by atoms with Crippen LogP contribution < -0.4 is 4.74 Å². The van der Waals surface area contributed by atoms with Gasteiger partial charge in [-0.05, 0) is 57.5 Å². The second kappa shape index (κ2) is 10.5. The topological polar surface area (TPSA) is 32.7 Å². The number of aromatic hydroxyl groups is 1. The van der Waals surface area contributed by atoms with Crippen molar-refractivity contribution < 1.29 is 9.84 Å². The lowest BCUT2D eigenvalue weighted by Gasteiger charge is -2.26. The summed E-state index contributed by atoms with van der Waals surface area (Å²) in [6, 6.07) is 7.18. The Morgan fingerprint density at radius 3 is 2.32 bits per heavy atom. The van der Waals surface area contributed by atoms with Gasteiger partial charge >= 0.3 is 0 Å². The maximum Gasteiger partial charge on any atom is 0.160 e. The molecule has 124 valence electrons. The lowest BCUT2D eigenvalue weighted by atomic mass is 10.1. The van der Waals surface area contributed by atoms with Crippen molar-refractivity contribution in [1.82, 2.24) is 4.90 Å². The van der Waals surface area contributed by atoms with E-state index in [9.17, 15) is 5.11 Å². The molecular formula is C19H31NO2. The minimum absolute atomic E-state index is 0.236. The monoisotopic (exact) mass is 305 g/mol. The molecule has 0 radical (unpaired) electrons. The van der Waals surface area contributed by atoms with Crippen LogP contribution in [0.25, 0.3) is 0 Å². The molecule has 1 aromatic carbocycles. The van der Waals surface area contributed by atoms with Crippen LogP contribution in [0.4, 0.5) is 0 Å². The number of rotatable bonds is 10. The molecule has 0 unspecified atom stereocenters. The van der Waals surface area contributed by atoms with Gasteiger partial charge in [-0.15, -0.1) is 0 Å². The number of phenolic OH excluding ortho intramolecular Hbond substituents is 1. The zero-order valence-electron chi connectivity index (χ0n) is 13.8. The minimum atomic E-state index is 0.236. The summed E-state index contributed by atoms with van der Waals surface area (Å²) in [5.74, 6) is 0.837. The maximum absolute atomic E-state index is 9.59. The number of benzene rings is 1. The van der Waals surface area contributed by atoms with E-state index in [4.69, 9.17) is 4.74 Å². The predicted octanol–water partition coefficient (Wildman–Crippen LogP) is 4.60. The second-order valence-corrected chi connectivity index (χ2v) is 6.34. The molecule has 0 bridgehead atoms. The van der Waals surface area contributed by atoms with Gasteiger partial charge in [0.15, 0.2) is 11.5 Å². The molecule has 1 N–H and O–H groups in total. The fraction of sp³-hybridized carbons (Fsp3) is 0.684. The van der Waals surface area contributed by atoms with E-state index in [0.29, 0.717) is 12.4 Å². The molecular weight excluding hydrogens is 274 g/mol. The van der Waals surface area contributed by atoms with Crippen molar-refractivity contribution in [2.24, 2.45) is 0 Å². The van der Waals surface area contributed by atoms with Crippen LogP contribution in [-0.4, -0.2) is 36.2 Å². The molecule has 0 saturated carbocycles. The van der Waals surface area contributed by atoms with Gasteiger partial charge in [0.2, 0.25) is 0 Å². The van der Waals surface area contributed by atoms with Crippen molar-refractivity contribution in [3.05, 3.63) is 24.3 Å². The predicted molar refractivity (Wildman–Crippen MR) is 91.6 cm³/mol. The van der Waals surface area contributed by atoms with Crippen LogP contribution >= 0.6 is 0 Å². The summed E-state index contributed by atoms with van der Waals surface area (Å²) < 4.78 is 5.59. The molecule has 0 amide bonds. The quantitative estimate of drug-likeness (QED) is 0.641. The Morgan fingerprint density at radius 1 is 0.864 bits per heavy atom. The standard InChI is InChI=1S/C19H31NO2/c21-18-12-6-7-13-19(18)22-17-11-4-2-1-3-8-14-20-15-9-5-10-16-20/h6-7,12-13,21H,1-5,8-11,14-17H2. The molecule has 1 fully saturated rings. The zero-order valence-corrected chi connectivity index (χ0v) is 13.8. The fourth-order valence-corrected chi connectivity index (χ4v) is 3.09. The van der Waals surface area contributed by atoms with E-state index in [2.05, 4.69) is 4.90 Å². The van der Waals surface area contributed by atoms with Crippen LogP contribution in [0.15, 0.2) is 24.3 Å². The second-order valence-electron chi connectivity index (χ2n) is 6.34. The van der Waals surface area contributed by atoms with Crippen molar-refractivity contribution in [3.63, 3.8) is 0 Å². The Labute approximate surface area is 135 Å². The molecule has 2 rings (SSSR count). The first-order chi connectivity index (χ1) is 10.9. The van der Waals surface area contributed by atoms with E-state index in [1.807, 2.05) is 18.2 Å². The molecule has 1 heterocycles. The Hall–Kier alpha value is -1.22. The normalized spacial score (nSPS) is 15.8. The highest BCUT2D eigenvalue weighted by Gasteiger charge is 2.08. The molecule has 22 heavy (non-hydrogen) atoms. The van der Waals surface area contributed by atoms with Crippen molar-refractivity contribution in [1.29, 1.82) is 0 Å². The van der Waals surface area contributed by atoms with Crippen LogP contribution in [0.2, 0.25) is 0 Å². The van der Waals surface area contributed by atoms with Gasteiger partial charge in [0.25, 0.3) is 0 Å². The van der Waals surface area contributed by atoms with Gasteiger partial charge in [0.05, 0.1) is 6.61 Å². The van der Waals surface area contributed by atoms with Crippen molar-refractivity contribution >= 4 is 0 Å². The van der Waals surface area contributed by atoms with Gasteiger partial charge in [0, 0.05) is 0 Å². The summed E-state index contributed by atoms with van der Waals surface area (Å²) in [5, 5.41) is 9.59. The number of hydrogen-bond donors (Lipinski definition) is 1. The maximum atomic E-state index is 9.59. The van der Waals surface area contributed by atoms with E-state index in [-0.39, 0.29) is 5.75 Å². The molecule has 3 heteroatoms. The highest BCUT2D eigenvalue weighted by molar-refractivity contribution is 5.37. The zero-order chi connectivity index (χ0) is 15.5. The number of hydrogen-bond acceptors (Lipinski definition) is 3. The van der Waals surface area contributed by atoms with Gasteiger partial charge < -0.3 is 14.7 Å². The number of likely N-dealkylation sites (tertiary alicyclic amines) is 1. The van der Waals surface area contributed by atoms with E-state index >= 15 is 0 Å². The fourth-order valence-electron chi connectivity index (χ4n) is 3.09. The van der Waals surface area contributed by atoms with Gasteiger partial charge in [-0.1, -0.05) is 44.2 Å². The summed E-state index contributed by atoms with van der Waals surface area (Å²) in [6.45, 7) is 4.65. The third kappa shape index (κ3) is 6.69. The van der Waals surface area contributed by atoms with E-state index in [1.165, 1.54) is 71.0 Å². The molecule has 1 aliphatic heterocycles. The number of piperidine rings is 1. The van der Waals surface area contributed by atoms with Crippen LogP contribution in [-0.2, 0) is 0 Å². The van der Waals surface area contributed by atoms with Gasteiger partial charge in [0.1, 0.15) is 0 Å². The lowest BCUT2D eigenvalue weighted by molar-refractivity contribution is 0.224. The number of phenols is 1. The molecule has 1 aliphatic rings. The molecule has 1 aromatic rings. The summed E-state index contributed by atoms with van der Waals surface area (Å²) in [7, 11) is 0. The number of unbranched alkanes of at least 4 members (excludes halogenated alkanes) is 5. The molecule has 0 spiro atoms. The average molecular weight is 305 g/mol. The lowest BCUT2D eigenvalue weighted by Crippen LogP contribution is -2.30. The van der Waals surface area contributed by atoms with Crippen molar-refractivity contribution in [3.8, 4) is 11.5 Å². The molecule has 0 atom stereocenters. The Bertz CT molecular complexity index is 402. The van der Waals surface area contributed by atoms with Gasteiger partial charge in [-0.25, -0.2) is 0 Å².